The van der Waals surface area contributed by atoms with Crippen LogP contribution in [-0.2, 0) is 18.9 Å². The molecule has 0 aliphatic carbocycles. The molecule has 11 rings (SSSR count). The third-order valence-corrected chi connectivity index (χ3v) is 14.3. The molecular weight excluding hydrogens is 1160 g/mol. The summed E-state index contributed by atoms with van der Waals surface area (Å²) in [6.07, 6.45) is 5.04. The predicted molar refractivity (Wildman–Crippen MR) is 347 cm³/mol. The van der Waals surface area contributed by atoms with Gasteiger partial charge < -0.3 is 69.3 Å². The van der Waals surface area contributed by atoms with Crippen molar-refractivity contribution in [3.8, 4) is 114 Å². The van der Waals surface area contributed by atoms with E-state index in [-0.39, 0.29) is 84.2 Å². The number of phenolic OH excluding ortho intramolecular Hbond substituents is 6. The first-order valence-corrected chi connectivity index (χ1v) is 30.4. The van der Waals surface area contributed by atoms with E-state index in [1.165, 1.54) is 61.4 Å². The Kier molecular flexibility index (Phi) is 23.7. The Morgan fingerprint density at radius 1 is 0.396 bits per heavy atom. The topological polar surface area (TPSA) is 298 Å². The van der Waals surface area contributed by atoms with E-state index in [1.807, 2.05) is 84.9 Å². The molecular formula is C71H76N6O14. The molecule has 8 aromatic carbocycles. The molecule has 3 heterocycles. The normalized spacial score (nSPS) is 13.2. The van der Waals surface area contributed by atoms with Crippen molar-refractivity contribution >= 4 is 21.5 Å². The summed E-state index contributed by atoms with van der Waals surface area (Å²) in [5.74, 6) is 1.26. The number of nitrogens with zero attached hydrogens (tertiary/aromatic N) is 6. The largest absolute Gasteiger partial charge is 0.508 e. The maximum atomic E-state index is 11.1. The van der Waals surface area contributed by atoms with Crippen LogP contribution in [0.5, 0.6) is 46.0 Å². The van der Waals surface area contributed by atoms with E-state index < -0.39 is 12.2 Å². The zero-order valence-electron chi connectivity index (χ0n) is 51.1. The standard InChI is InChI=1S/C39H45N3O8.C25H17N3O4.C7H14O2/c1-3-5-18-47-22-27(43)24-49-29-14-16-33(35(45)20-29)38-40-37(32-13-9-11-26-10-7-8-12-31(26)32)41-39(42-38)34-17-15-30(21-36(34)46)50-25-28(44)23-48-19-6-4-2;29-15-8-10-19(21(31)12-15)24-26-23(18-7-3-5-14-4-1-2-6-17(14)18)27-25(28-24)20-11-9-16(30)13-22(20)32;1-2-3-4-8-5-7-6-9-7/h7-17,20-21,27-28,43-46H,3-6,18-19,22-25H2,1-2H3;1-13,29-32H;7H,2-6H2,1H3. The van der Waals surface area contributed by atoms with Gasteiger partial charge in [-0.1, -0.05) is 125 Å². The van der Waals surface area contributed by atoms with Crippen LogP contribution in [0.2, 0.25) is 0 Å². The molecule has 0 radical (unpaired) electrons. The molecule has 20 nitrogen and oxygen atoms in total. The lowest BCUT2D eigenvalue weighted by atomic mass is 10.0. The summed E-state index contributed by atoms with van der Waals surface area (Å²) in [5, 5.41) is 86.6. The van der Waals surface area contributed by atoms with Gasteiger partial charge in [0.05, 0.1) is 48.7 Å². The predicted octanol–water partition coefficient (Wildman–Crippen LogP) is 12.6. The van der Waals surface area contributed by atoms with E-state index in [4.69, 9.17) is 38.4 Å². The lowest BCUT2D eigenvalue weighted by Gasteiger charge is -2.15. The van der Waals surface area contributed by atoms with E-state index in [1.54, 1.807) is 24.3 Å². The minimum absolute atomic E-state index is 0.00324. The first-order chi connectivity index (χ1) is 44.3. The highest BCUT2D eigenvalue weighted by molar-refractivity contribution is 5.96. The van der Waals surface area contributed by atoms with E-state index in [9.17, 15) is 40.9 Å². The van der Waals surface area contributed by atoms with Crippen LogP contribution in [0.4, 0.5) is 0 Å². The van der Waals surface area contributed by atoms with Crippen LogP contribution >= 0.6 is 0 Å². The van der Waals surface area contributed by atoms with Crippen LogP contribution < -0.4 is 9.47 Å². The molecule has 3 unspecified atom stereocenters. The molecule has 1 saturated heterocycles. The van der Waals surface area contributed by atoms with Crippen molar-refractivity contribution < 1.29 is 69.3 Å². The molecule has 91 heavy (non-hydrogen) atoms. The van der Waals surface area contributed by atoms with Crippen molar-refractivity contribution in [2.45, 2.75) is 77.6 Å². The molecule has 1 aliphatic rings. The fourth-order valence-corrected chi connectivity index (χ4v) is 9.35. The number of aromatic nitrogens is 6. The third-order valence-electron chi connectivity index (χ3n) is 14.3. The number of aromatic hydroxyl groups is 6. The molecule has 0 saturated carbocycles. The van der Waals surface area contributed by atoms with Crippen LogP contribution in [0, 0.1) is 0 Å². The van der Waals surface area contributed by atoms with Gasteiger partial charge in [-0.05, 0) is 89.3 Å². The number of aliphatic hydroxyl groups is 2. The van der Waals surface area contributed by atoms with Crippen molar-refractivity contribution in [3.63, 3.8) is 0 Å². The van der Waals surface area contributed by atoms with Crippen molar-refractivity contribution in [2.75, 3.05) is 59.5 Å². The third kappa shape index (κ3) is 18.5. The zero-order chi connectivity index (χ0) is 64.1. The molecule has 10 aromatic rings. The van der Waals surface area contributed by atoms with Crippen LogP contribution in [0.25, 0.3) is 89.9 Å². The Balaban J connectivity index is 0.000000202. The highest BCUT2D eigenvalue weighted by Gasteiger charge is 2.23. The SMILES string of the molecule is CCCCOCC(O)COc1ccc(-c2nc(-c3ccc(OCC(O)COCCCC)cc3O)nc(-c3cccc4ccccc34)n2)c(O)c1.CCCCOCC1CO1.Oc1ccc(-c2nc(-c3ccc(O)cc3O)nc(-c3cccc4ccccc34)n2)c(O)c1. The number of hydrogen-bond donors (Lipinski definition) is 8. The summed E-state index contributed by atoms with van der Waals surface area (Å²) >= 11 is 0. The molecule has 0 amide bonds. The summed E-state index contributed by atoms with van der Waals surface area (Å²) < 4.78 is 32.6. The minimum atomic E-state index is -0.817. The summed E-state index contributed by atoms with van der Waals surface area (Å²) in [7, 11) is 0. The number of benzene rings is 8. The van der Waals surface area contributed by atoms with Gasteiger partial charge in [0.25, 0.3) is 0 Å². The van der Waals surface area contributed by atoms with Crippen LogP contribution in [0.1, 0.15) is 59.3 Å². The van der Waals surface area contributed by atoms with Gasteiger partial charge in [0.2, 0.25) is 0 Å². The summed E-state index contributed by atoms with van der Waals surface area (Å²) in [6.45, 7) is 10.4. The number of rotatable bonds is 27. The Labute approximate surface area is 527 Å². The first kappa shape index (κ1) is 65.9. The molecule has 2 aromatic heterocycles. The van der Waals surface area contributed by atoms with E-state index in [2.05, 4.69) is 40.7 Å². The van der Waals surface area contributed by atoms with Crippen molar-refractivity contribution in [1.82, 2.24) is 29.9 Å². The molecule has 0 spiro atoms. The van der Waals surface area contributed by atoms with Gasteiger partial charge >= 0.3 is 0 Å². The van der Waals surface area contributed by atoms with Gasteiger partial charge in [-0.25, -0.2) is 29.9 Å². The summed E-state index contributed by atoms with van der Waals surface area (Å²) in [5.41, 5.74) is 2.74. The Morgan fingerprint density at radius 3 is 1.10 bits per heavy atom. The fourth-order valence-electron chi connectivity index (χ4n) is 9.35. The molecule has 1 aliphatic heterocycles. The lowest BCUT2D eigenvalue weighted by molar-refractivity contribution is 0.0113. The van der Waals surface area contributed by atoms with Crippen molar-refractivity contribution in [2.24, 2.45) is 0 Å². The smallest absolute Gasteiger partial charge is 0.167 e. The number of ether oxygens (including phenoxy) is 6. The van der Waals surface area contributed by atoms with Crippen molar-refractivity contribution in [3.05, 3.63) is 158 Å². The minimum Gasteiger partial charge on any atom is -0.508 e. The number of epoxide rings is 1. The number of hydrogen-bond acceptors (Lipinski definition) is 20. The fraction of sp³-hybridized carbons (Fsp3) is 0.296. The number of unbranched alkanes of at least 4 members (excludes halogenated alkanes) is 3. The second-order valence-corrected chi connectivity index (χ2v) is 21.6. The second-order valence-electron chi connectivity index (χ2n) is 21.6. The maximum absolute atomic E-state index is 11.1. The Bertz CT molecular complexity index is 3830. The first-order valence-electron chi connectivity index (χ1n) is 30.4. The monoisotopic (exact) mass is 1240 g/mol. The van der Waals surface area contributed by atoms with E-state index in [0.717, 1.165) is 78.2 Å². The average Bonchev–Trinajstić information content (AvgIpc) is 1.32. The van der Waals surface area contributed by atoms with Gasteiger partial charge in [-0.15, -0.1) is 0 Å². The number of aliphatic hydroxyl groups excluding tert-OH is 2. The van der Waals surface area contributed by atoms with E-state index >= 15 is 0 Å². The van der Waals surface area contributed by atoms with Gasteiger partial charge in [-0.3, -0.25) is 0 Å². The number of fused-ring (bicyclic) bond motifs is 2. The van der Waals surface area contributed by atoms with Crippen molar-refractivity contribution in [1.29, 1.82) is 0 Å². The molecule has 1 fully saturated rings. The molecule has 0 bridgehead atoms. The Morgan fingerprint density at radius 2 is 0.736 bits per heavy atom. The number of phenols is 6. The lowest BCUT2D eigenvalue weighted by Crippen LogP contribution is -2.23. The molecule has 3 atom stereocenters. The second kappa shape index (κ2) is 32.8. The van der Waals surface area contributed by atoms with E-state index in [0.29, 0.717) is 64.7 Å². The van der Waals surface area contributed by atoms with Crippen LogP contribution in [-0.4, -0.2) is 149 Å². The highest BCUT2D eigenvalue weighted by atomic mass is 16.6. The summed E-state index contributed by atoms with van der Waals surface area (Å²) in [4.78, 5) is 27.8. The molecule has 20 heteroatoms. The summed E-state index contributed by atoms with van der Waals surface area (Å²) in [6, 6.07) is 45.0. The van der Waals surface area contributed by atoms with Crippen LogP contribution in [0.15, 0.2) is 158 Å². The quantitative estimate of drug-likeness (QED) is 0.0175. The molecule has 474 valence electrons. The average molecular weight is 1240 g/mol. The van der Waals surface area contributed by atoms with Gasteiger partial charge in [0.15, 0.2) is 34.9 Å². The van der Waals surface area contributed by atoms with Gasteiger partial charge in [0.1, 0.15) is 77.5 Å². The maximum Gasteiger partial charge on any atom is 0.167 e. The van der Waals surface area contributed by atoms with Gasteiger partial charge in [0, 0.05) is 55.2 Å². The van der Waals surface area contributed by atoms with Crippen LogP contribution in [0.3, 0.4) is 0 Å². The van der Waals surface area contributed by atoms with Gasteiger partial charge in [-0.2, -0.15) is 0 Å². The highest BCUT2D eigenvalue weighted by Crippen LogP contribution is 2.39. The zero-order valence-corrected chi connectivity index (χ0v) is 51.1. The molecule has 8 N–H and O–H groups in total. The Hall–Kier alpha value is -9.54.